The molecule has 0 aliphatic rings. The van der Waals surface area contributed by atoms with Gasteiger partial charge in [-0.3, -0.25) is 0 Å². The number of benzene rings is 1. The van der Waals surface area contributed by atoms with Gasteiger partial charge in [0.2, 0.25) is 17.8 Å². The van der Waals surface area contributed by atoms with Gasteiger partial charge in [-0.25, -0.2) is 0 Å². The van der Waals surface area contributed by atoms with Crippen molar-refractivity contribution in [3.8, 4) is 0 Å². The van der Waals surface area contributed by atoms with Gasteiger partial charge in [0, 0.05) is 25.7 Å². The normalized spacial score (nSPS) is 10.3. The number of rotatable bonds is 5. The van der Waals surface area contributed by atoms with Gasteiger partial charge < -0.3 is 16.0 Å². The number of aromatic nitrogens is 3. The van der Waals surface area contributed by atoms with Crippen LogP contribution in [0.15, 0.2) is 24.3 Å². The summed E-state index contributed by atoms with van der Waals surface area (Å²) in [4.78, 5) is 14.1. The molecule has 0 aliphatic heterocycles. The molecule has 0 radical (unpaired) electrons. The first-order valence-electron chi connectivity index (χ1n) is 6.22. The van der Waals surface area contributed by atoms with Crippen LogP contribution in [0.4, 0.5) is 17.8 Å². The summed E-state index contributed by atoms with van der Waals surface area (Å²) in [6, 6.07) is 7.75. The van der Waals surface area contributed by atoms with E-state index in [0.29, 0.717) is 18.4 Å². The highest BCUT2D eigenvalue weighted by Gasteiger charge is 2.05. The summed E-state index contributed by atoms with van der Waals surface area (Å²) < 4.78 is 0. The van der Waals surface area contributed by atoms with Gasteiger partial charge in [0.15, 0.2) is 0 Å². The average Bonchev–Trinajstić information content (AvgIpc) is 2.40. The summed E-state index contributed by atoms with van der Waals surface area (Å²) in [5.41, 5.74) is 6.84. The third-order valence-electron chi connectivity index (χ3n) is 2.65. The molecule has 0 amide bonds. The highest BCUT2D eigenvalue weighted by molar-refractivity contribution is 6.30. The molecule has 0 bridgehead atoms. The molecule has 106 valence electrons. The molecule has 6 nitrogen and oxygen atoms in total. The fraction of sp³-hybridized carbons (Fsp3) is 0.308. The van der Waals surface area contributed by atoms with Crippen LogP contribution in [0.3, 0.4) is 0 Å². The minimum absolute atomic E-state index is 0.206. The molecule has 20 heavy (non-hydrogen) atoms. The highest BCUT2D eigenvalue weighted by Crippen LogP contribution is 2.11. The third kappa shape index (κ3) is 3.96. The van der Waals surface area contributed by atoms with Gasteiger partial charge in [0.1, 0.15) is 0 Å². The fourth-order valence-electron chi connectivity index (χ4n) is 1.63. The van der Waals surface area contributed by atoms with Gasteiger partial charge in [0.25, 0.3) is 0 Å². The third-order valence-corrected chi connectivity index (χ3v) is 2.90. The molecule has 0 fully saturated rings. The molecule has 3 N–H and O–H groups in total. The van der Waals surface area contributed by atoms with E-state index in [9.17, 15) is 0 Å². The lowest BCUT2D eigenvalue weighted by molar-refractivity contribution is 0.935. The van der Waals surface area contributed by atoms with Crippen LogP contribution in [-0.4, -0.2) is 35.6 Å². The second kappa shape index (κ2) is 6.38. The largest absolute Gasteiger partial charge is 0.368 e. The number of nitrogens with zero attached hydrogens (tertiary/aromatic N) is 4. The Bertz CT molecular complexity index is 570. The monoisotopic (exact) mass is 292 g/mol. The van der Waals surface area contributed by atoms with Crippen molar-refractivity contribution in [1.82, 2.24) is 15.0 Å². The van der Waals surface area contributed by atoms with Crippen molar-refractivity contribution in [2.24, 2.45) is 0 Å². The minimum atomic E-state index is 0.206. The second-order valence-electron chi connectivity index (χ2n) is 4.51. The van der Waals surface area contributed by atoms with E-state index < -0.39 is 0 Å². The lowest BCUT2D eigenvalue weighted by atomic mass is 10.1. The zero-order chi connectivity index (χ0) is 14.5. The van der Waals surface area contributed by atoms with Crippen LogP contribution < -0.4 is 16.0 Å². The van der Waals surface area contributed by atoms with Crippen molar-refractivity contribution < 1.29 is 0 Å². The zero-order valence-electron chi connectivity index (χ0n) is 11.5. The molecule has 0 saturated carbocycles. The Morgan fingerprint density at radius 1 is 1.15 bits per heavy atom. The van der Waals surface area contributed by atoms with Gasteiger partial charge in [-0.1, -0.05) is 23.7 Å². The Kier molecular flexibility index (Phi) is 4.57. The van der Waals surface area contributed by atoms with Gasteiger partial charge in [-0.05, 0) is 24.1 Å². The van der Waals surface area contributed by atoms with Crippen LogP contribution >= 0.6 is 11.6 Å². The minimum Gasteiger partial charge on any atom is -0.368 e. The van der Waals surface area contributed by atoms with Crippen molar-refractivity contribution in [2.75, 3.05) is 36.6 Å². The lowest BCUT2D eigenvalue weighted by Crippen LogP contribution is -2.17. The molecule has 1 heterocycles. The van der Waals surface area contributed by atoms with E-state index in [4.69, 9.17) is 17.3 Å². The average molecular weight is 293 g/mol. The van der Waals surface area contributed by atoms with Crippen molar-refractivity contribution in [3.05, 3.63) is 34.9 Å². The Balaban J connectivity index is 1.95. The lowest BCUT2D eigenvalue weighted by Gasteiger charge is -2.12. The number of hydrogen-bond acceptors (Lipinski definition) is 6. The molecule has 7 heteroatoms. The Hall–Kier alpha value is -2.08. The molecule has 1 aromatic carbocycles. The van der Waals surface area contributed by atoms with Crippen molar-refractivity contribution in [2.45, 2.75) is 6.42 Å². The number of halogens is 1. The number of nitrogens with two attached hydrogens (primary N) is 1. The summed E-state index contributed by atoms with van der Waals surface area (Å²) in [6.45, 7) is 0.706. The molecular formula is C13H17ClN6. The first-order chi connectivity index (χ1) is 9.54. The molecule has 1 aromatic heterocycles. The van der Waals surface area contributed by atoms with Crippen molar-refractivity contribution in [1.29, 1.82) is 0 Å². The molecule has 0 spiro atoms. The Morgan fingerprint density at radius 2 is 1.85 bits per heavy atom. The standard InChI is InChI=1S/C13H17ClN6/c1-20(2)13-18-11(15)17-12(19-13)16-8-7-9-3-5-10(14)6-4-9/h3-6H,7-8H2,1-2H3,(H3,15,16,17,18,19). The predicted octanol–water partition coefficient (Wildman–Crippen LogP) is 1.83. The van der Waals surface area contributed by atoms with Gasteiger partial charge in [-0.15, -0.1) is 0 Å². The van der Waals surface area contributed by atoms with E-state index in [-0.39, 0.29) is 5.95 Å². The molecule has 0 saturated heterocycles. The van der Waals surface area contributed by atoms with Crippen molar-refractivity contribution >= 4 is 29.4 Å². The van der Waals surface area contributed by atoms with Crippen LogP contribution in [0.2, 0.25) is 5.02 Å². The molecular weight excluding hydrogens is 276 g/mol. The topological polar surface area (TPSA) is 80.0 Å². The smallest absolute Gasteiger partial charge is 0.231 e. The summed E-state index contributed by atoms with van der Waals surface area (Å²) >= 11 is 5.84. The number of nitrogens with one attached hydrogen (secondary N) is 1. The number of anilines is 3. The predicted molar refractivity (Wildman–Crippen MR) is 82.2 cm³/mol. The van der Waals surface area contributed by atoms with Crippen LogP contribution in [0.5, 0.6) is 0 Å². The zero-order valence-corrected chi connectivity index (χ0v) is 12.2. The Labute approximate surface area is 123 Å². The van der Waals surface area contributed by atoms with Crippen molar-refractivity contribution in [3.63, 3.8) is 0 Å². The maximum absolute atomic E-state index is 5.84. The van der Waals surface area contributed by atoms with Crippen LogP contribution in [0.1, 0.15) is 5.56 Å². The highest BCUT2D eigenvalue weighted by atomic mass is 35.5. The molecule has 0 unspecified atom stereocenters. The van der Waals surface area contributed by atoms with E-state index in [2.05, 4.69) is 20.3 Å². The summed E-state index contributed by atoms with van der Waals surface area (Å²) in [6.07, 6.45) is 0.847. The molecule has 2 aromatic rings. The van der Waals surface area contributed by atoms with Gasteiger partial charge >= 0.3 is 0 Å². The quantitative estimate of drug-likeness (QED) is 0.875. The van der Waals surface area contributed by atoms with E-state index in [1.165, 1.54) is 5.56 Å². The Morgan fingerprint density at radius 3 is 2.50 bits per heavy atom. The van der Waals surface area contributed by atoms with Gasteiger partial charge in [-0.2, -0.15) is 15.0 Å². The fourth-order valence-corrected chi connectivity index (χ4v) is 1.76. The van der Waals surface area contributed by atoms with Gasteiger partial charge in [0.05, 0.1) is 0 Å². The maximum atomic E-state index is 5.84. The second-order valence-corrected chi connectivity index (χ2v) is 4.95. The van der Waals surface area contributed by atoms with Crippen LogP contribution in [0, 0.1) is 0 Å². The summed E-state index contributed by atoms with van der Waals surface area (Å²) in [5, 5.41) is 3.88. The first kappa shape index (κ1) is 14.3. The molecule has 0 atom stereocenters. The van der Waals surface area contributed by atoms with E-state index >= 15 is 0 Å². The summed E-state index contributed by atoms with van der Waals surface area (Å²) in [5.74, 6) is 1.22. The van der Waals surface area contributed by atoms with Crippen LogP contribution in [0.25, 0.3) is 0 Å². The molecule has 2 rings (SSSR count). The van der Waals surface area contributed by atoms with E-state index in [1.807, 2.05) is 38.4 Å². The SMILES string of the molecule is CN(C)c1nc(N)nc(NCCc2ccc(Cl)cc2)n1. The maximum Gasteiger partial charge on any atom is 0.231 e. The molecule has 0 aliphatic carbocycles. The van der Waals surface area contributed by atoms with Crippen LogP contribution in [-0.2, 0) is 6.42 Å². The first-order valence-corrected chi connectivity index (χ1v) is 6.59. The van der Waals surface area contributed by atoms with E-state index in [0.717, 1.165) is 11.4 Å². The number of hydrogen-bond donors (Lipinski definition) is 2. The number of nitrogen functional groups attached to an aromatic ring is 1. The van der Waals surface area contributed by atoms with E-state index in [1.54, 1.807) is 4.90 Å². The summed E-state index contributed by atoms with van der Waals surface area (Å²) in [7, 11) is 3.71.